The Hall–Kier alpha value is -2.81. The van der Waals surface area contributed by atoms with Gasteiger partial charge in [-0.1, -0.05) is 35.3 Å². The number of benzene rings is 2. The molecule has 1 N–H and O–H groups in total. The summed E-state index contributed by atoms with van der Waals surface area (Å²) in [5, 5.41) is 10.7. The number of carboxylic acids is 1. The Morgan fingerprint density at radius 1 is 1.00 bits per heavy atom. The van der Waals surface area contributed by atoms with Gasteiger partial charge in [0.1, 0.15) is 6.61 Å². The highest BCUT2D eigenvalue weighted by molar-refractivity contribution is 6.42. The first-order valence-corrected chi connectivity index (χ1v) is 15.1. The van der Waals surface area contributed by atoms with Crippen LogP contribution in [-0.2, 0) is 27.3 Å². The van der Waals surface area contributed by atoms with Crippen LogP contribution in [0.4, 0.5) is 0 Å². The van der Waals surface area contributed by atoms with E-state index in [1.54, 1.807) is 7.11 Å². The van der Waals surface area contributed by atoms with Gasteiger partial charge >= 0.3 is 5.97 Å². The highest BCUT2D eigenvalue weighted by atomic mass is 35.5. The third-order valence-electron chi connectivity index (χ3n) is 8.73. The summed E-state index contributed by atoms with van der Waals surface area (Å²) >= 11 is 12.9. The third kappa shape index (κ3) is 6.65. The number of fused-ring (bicyclic) bond motifs is 1. The van der Waals surface area contributed by atoms with Gasteiger partial charge in [-0.05, 0) is 79.3 Å². The Kier molecular flexibility index (Phi) is 9.42. The fourth-order valence-corrected chi connectivity index (χ4v) is 6.94. The maximum Gasteiger partial charge on any atom is 0.306 e. The number of aliphatic carboxylic acids is 1. The largest absolute Gasteiger partial charge is 0.493 e. The van der Waals surface area contributed by atoms with Crippen molar-refractivity contribution in [3.8, 4) is 11.5 Å². The molecule has 3 aliphatic rings. The molecule has 2 fully saturated rings. The van der Waals surface area contributed by atoms with E-state index in [1.807, 2.05) is 24.3 Å². The molecular weight excluding hydrogens is 567 g/mol. The number of nitrogens with zero attached hydrogens (tertiary/aromatic N) is 2. The van der Waals surface area contributed by atoms with Crippen molar-refractivity contribution in [2.45, 2.75) is 64.0 Å². The number of imide groups is 1. The van der Waals surface area contributed by atoms with Gasteiger partial charge in [-0.15, -0.1) is 0 Å². The van der Waals surface area contributed by atoms with Crippen molar-refractivity contribution in [1.82, 2.24) is 9.80 Å². The van der Waals surface area contributed by atoms with Gasteiger partial charge in [-0.25, -0.2) is 0 Å². The zero-order valence-electron chi connectivity index (χ0n) is 23.2. The van der Waals surface area contributed by atoms with Crippen LogP contribution >= 0.6 is 23.2 Å². The molecule has 2 aromatic carbocycles. The minimum Gasteiger partial charge on any atom is -0.493 e. The molecule has 5 rings (SSSR count). The van der Waals surface area contributed by atoms with E-state index < -0.39 is 5.97 Å². The molecule has 1 saturated carbocycles. The minimum atomic E-state index is -0.690. The van der Waals surface area contributed by atoms with Crippen molar-refractivity contribution in [3.63, 3.8) is 0 Å². The molecule has 2 aliphatic carbocycles. The first kappa shape index (κ1) is 29.7. The minimum absolute atomic E-state index is 0.158. The Balaban J connectivity index is 1.31. The number of rotatable bonds is 11. The van der Waals surface area contributed by atoms with E-state index in [0.29, 0.717) is 46.8 Å². The predicted molar refractivity (Wildman–Crippen MR) is 155 cm³/mol. The van der Waals surface area contributed by atoms with Gasteiger partial charge in [-0.3, -0.25) is 24.2 Å². The maximum atomic E-state index is 11.9. The molecule has 0 bridgehead atoms. The molecule has 10 heteroatoms. The number of hydrogen-bond acceptors (Lipinski definition) is 6. The molecule has 1 aliphatic heterocycles. The molecule has 8 nitrogen and oxygen atoms in total. The van der Waals surface area contributed by atoms with E-state index in [4.69, 9.17) is 32.7 Å². The normalized spacial score (nSPS) is 22.3. The van der Waals surface area contributed by atoms with Crippen LogP contribution in [0, 0.1) is 11.8 Å². The molecule has 2 aromatic rings. The molecule has 1 heterocycles. The van der Waals surface area contributed by atoms with Gasteiger partial charge in [0, 0.05) is 32.0 Å². The summed E-state index contributed by atoms with van der Waals surface area (Å²) < 4.78 is 11.6. The fourth-order valence-electron chi connectivity index (χ4n) is 6.50. The van der Waals surface area contributed by atoms with E-state index in [9.17, 15) is 19.5 Å². The first-order chi connectivity index (χ1) is 19.7. The summed E-state index contributed by atoms with van der Waals surface area (Å²) in [7, 11) is 1.59. The lowest BCUT2D eigenvalue weighted by molar-refractivity contribution is -0.143. The molecule has 41 heavy (non-hydrogen) atoms. The van der Waals surface area contributed by atoms with Crippen molar-refractivity contribution in [2.75, 3.05) is 26.8 Å². The second kappa shape index (κ2) is 13.0. The third-order valence-corrected chi connectivity index (χ3v) is 9.57. The van der Waals surface area contributed by atoms with Gasteiger partial charge in [0.05, 0.1) is 29.6 Å². The number of ether oxygens (including phenoxy) is 2. The second-order valence-corrected chi connectivity index (χ2v) is 12.0. The number of amides is 2. The molecule has 0 aromatic heterocycles. The summed E-state index contributed by atoms with van der Waals surface area (Å²) in [5.74, 6) is 0.310. The van der Waals surface area contributed by atoms with Gasteiger partial charge in [0.15, 0.2) is 11.5 Å². The summed E-state index contributed by atoms with van der Waals surface area (Å²) in [6.45, 7) is 1.94. The van der Waals surface area contributed by atoms with Crippen LogP contribution < -0.4 is 9.47 Å². The Bertz CT molecular complexity index is 1290. The lowest BCUT2D eigenvalue weighted by Crippen LogP contribution is -2.34. The molecule has 0 radical (unpaired) electrons. The van der Waals surface area contributed by atoms with E-state index in [1.165, 1.54) is 10.5 Å². The topological polar surface area (TPSA) is 96.4 Å². The number of hydrogen-bond donors (Lipinski definition) is 1. The van der Waals surface area contributed by atoms with Gasteiger partial charge in [-0.2, -0.15) is 0 Å². The van der Waals surface area contributed by atoms with Crippen molar-refractivity contribution < 1.29 is 29.0 Å². The van der Waals surface area contributed by atoms with Crippen LogP contribution in [0.25, 0.3) is 0 Å². The number of methoxy groups -OCH3 is 1. The number of carbonyl (C=O) groups excluding carboxylic acids is 2. The smallest absolute Gasteiger partial charge is 0.306 e. The molecule has 1 saturated heterocycles. The van der Waals surface area contributed by atoms with Crippen molar-refractivity contribution in [2.24, 2.45) is 11.8 Å². The maximum absolute atomic E-state index is 11.9. The van der Waals surface area contributed by atoms with Crippen molar-refractivity contribution >= 4 is 41.0 Å². The fraction of sp³-hybridized carbons (Fsp3) is 0.516. The van der Waals surface area contributed by atoms with Crippen LogP contribution in [0.2, 0.25) is 10.0 Å². The van der Waals surface area contributed by atoms with E-state index >= 15 is 0 Å². The van der Waals surface area contributed by atoms with Crippen molar-refractivity contribution in [1.29, 1.82) is 0 Å². The standard InChI is InChI=1S/C31H36Cl2N2O6/c1-40-27-16-20(4-11-26(27)41-15-14-35-28(36)12-13-29(35)37)18-34(17-19-2-5-21(6-3-19)31(38)39)25-10-8-23-22(25)7-9-24(32)30(23)33/h4,7,9,11,16,19,21,25H,2-3,5-6,8,10,12-15,17-18H2,1H3,(H,38,39)/t19?,21?,25-/m0/s1. The Morgan fingerprint density at radius 2 is 1.73 bits per heavy atom. The van der Waals surface area contributed by atoms with Gasteiger partial charge in [0.25, 0.3) is 0 Å². The zero-order chi connectivity index (χ0) is 29.1. The first-order valence-electron chi connectivity index (χ1n) is 14.3. The average molecular weight is 604 g/mol. The molecule has 2 amide bonds. The van der Waals surface area contributed by atoms with Crippen molar-refractivity contribution in [3.05, 3.63) is 57.1 Å². The van der Waals surface area contributed by atoms with Crippen LogP contribution in [0.5, 0.6) is 11.5 Å². The van der Waals surface area contributed by atoms with E-state index in [-0.39, 0.29) is 49.8 Å². The number of likely N-dealkylation sites (tertiary alicyclic amines) is 1. The van der Waals surface area contributed by atoms with E-state index in [2.05, 4.69) is 11.0 Å². The summed E-state index contributed by atoms with van der Waals surface area (Å²) in [5.41, 5.74) is 3.38. The predicted octanol–water partition coefficient (Wildman–Crippen LogP) is 5.91. The lowest BCUT2D eigenvalue weighted by atomic mass is 9.81. The molecule has 220 valence electrons. The molecular formula is C31H36Cl2N2O6. The quantitative estimate of drug-likeness (QED) is 0.319. The number of carboxylic acid groups (broad SMARTS) is 1. The van der Waals surface area contributed by atoms with Crippen LogP contribution in [-0.4, -0.2) is 59.5 Å². The van der Waals surface area contributed by atoms with Crippen LogP contribution in [0.1, 0.15) is 67.7 Å². The SMILES string of the molecule is COc1cc(CN(CC2CCC(C(=O)O)CC2)[C@H]2CCc3c2ccc(Cl)c3Cl)ccc1OCCN1C(=O)CCC1=O. The molecule has 0 unspecified atom stereocenters. The van der Waals surface area contributed by atoms with E-state index in [0.717, 1.165) is 43.4 Å². The number of carbonyl (C=O) groups is 3. The van der Waals surface area contributed by atoms with Gasteiger partial charge in [0.2, 0.25) is 11.8 Å². The second-order valence-electron chi connectivity index (χ2n) is 11.2. The summed E-state index contributed by atoms with van der Waals surface area (Å²) in [6.07, 6.45) is 5.54. The average Bonchev–Trinajstić information content (AvgIpc) is 3.54. The summed E-state index contributed by atoms with van der Waals surface area (Å²) in [4.78, 5) is 39.0. The summed E-state index contributed by atoms with van der Waals surface area (Å²) in [6, 6.07) is 9.99. The molecule has 0 spiro atoms. The highest BCUT2D eigenvalue weighted by Crippen LogP contribution is 2.43. The monoisotopic (exact) mass is 602 g/mol. The highest BCUT2D eigenvalue weighted by Gasteiger charge is 2.34. The lowest BCUT2D eigenvalue weighted by Gasteiger charge is -2.35. The molecule has 1 atom stereocenters. The Labute approximate surface area is 250 Å². The zero-order valence-corrected chi connectivity index (χ0v) is 24.8. The Morgan fingerprint density at radius 3 is 2.41 bits per heavy atom. The van der Waals surface area contributed by atoms with Crippen LogP contribution in [0.3, 0.4) is 0 Å². The van der Waals surface area contributed by atoms with Gasteiger partial charge < -0.3 is 14.6 Å². The van der Waals surface area contributed by atoms with Crippen LogP contribution in [0.15, 0.2) is 30.3 Å². The number of halogens is 2.